The summed E-state index contributed by atoms with van der Waals surface area (Å²) in [6.07, 6.45) is 5.62. The first-order valence-electron chi connectivity index (χ1n) is 6.72. The Balaban J connectivity index is 2.29. The molecule has 0 radical (unpaired) electrons. The molecule has 90 valence electrons. The lowest BCUT2D eigenvalue weighted by atomic mass is 9.98. The van der Waals surface area contributed by atoms with E-state index in [1.165, 1.54) is 38.8 Å². The molecule has 2 nitrogen and oxygen atoms in total. The summed E-state index contributed by atoms with van der Waals surface area (Å²) in [4.78, 5) is 2.66. The molecule has 1 aliphatic heterocycles. The number of nitrogens with one attached hydrogen (secondary N) is 1. The Morgan fingerprint density at radius 1 is 1.27 bits per heavy atom. The molecule has 0 aromatic heterocycles. The van der Waals surface area contributed by atoms with Crippen molar-refractivity contribution in [2.24, 2.45) is 5.92 Å². The lowest BCUT2D eigenvalue weighted by Gasteiger charge is -2.27. The SMILES string of the molecule is CCNCC(C)N1CCCC(CC)CC1. The molecule has 0 aromatic carbocycles. The Bertz CT molecular complexity index is 159. The van der Waals surface area contributed by atoms with Gasteiger partial charge in [-0.3, -0.25) is 4.90 Å². The summed E-state index contributed by atoms with van der Waals surface area (Å²) < 4.78 is 0. The number of nitrogens with zero attached hydrogens (tertiary/aromatic N) is 1. The van der Waals surface area contributed by atoms with E-state index >= 15 is 0 Å². The highest BCUT2D eigenvalue weighted by molar-refractivity contribution is 4.74. The molecule has 1 rings (SSSR count). The highest BCUT2D eigenvalue weighted by atomic mass is 15.2. The van der Waals surface area contributed by atoms with Gasteiger partial charge in [0.05, 0.1) is 0 Å². The Morgan fingerprint density at radius 3 is 2.73 bits per heavy atom. The van der Waals surface area contributed by atoms with Crippen molar-refractivity contribution in [2.75, 3.05) is 26.2 Å². The van der Waals surface area contributed by atoms with Crippen LogP contribution in [0.3, 0.4) is 0 Å². The van der Waals surface area contributed by atoms with Crippen LogP contribution in [-0.2, 0) is 0 Å². The van der Waals surface area contributed by atoms with Gasteiger partial charge in [0, 0.05) is 12.6 Å². The van der Waals surface area contributed by atoms with Gasteiger partial charge in [-0.1, -0.05) is 20.3 Å². The second-order valence-corrected chi connectivity index (χ2v) is 4.90. The van der Waals surface area contributed by atoms with Crippen molar-refractivity contribution in [2.45, 2.75) is 52.5 Å². The van der Waals surface area contributed by atoms with Gasteiger partial charge >= 0.3 is 0 Å². The van der Waals surface area contributed by atoms with E-state index in [1.807, 2.05) is 0 Å². The monoisotopic (exact) mass is 212 g/mol. The first-order chi connectivity index (χ1) is 7.27. The molecule has 1 aliphatic rings. The van der Waals surface area contributed by atoms with Gasteiger partial charge < -0.3 is 5.32 Å². The Hall–Kier alpha value is -0.0800. The van der Waals surface area contributed by atoms with Crippen LogP contribution in [0.15, 0.2) is 0 Å². The largest absolute Gasteiger partial charge is 0.315 e. The van der Waals surface area contributed by atoms with Crippen molar-refractivity contribution >= 4 is 0 Å². The summed E-state index contributed by atoms with van der Waals surface area (Å²) >= 11 is 0. The maximum atomic E-state index is 3.45. The summed E-state index contributed by atoms with van der Waals surface area (Å²) in [5, 5.41) is 3.45. The average Bonchev–Trinajstić information content (AvgIpc) is 2.50. The van der Waals surface area contributed by atoms with E-state index in [0.717, 1.165) is 19.0 Å². The van der Waals surface area contributed by atoms with Gasteiger partial charge in [0.25, 0.3) is 0 Å². The molecule has 2 atom stereocenters. The van der Waals surface area contributed by atoms with Crippen molar-refractivity contribution in [3.8, 4) is 0 Å². The predicted octanol–water partition coefficient (Wildman–Crippen LogP) is 2.50. The lowest BCUT2D eigenvalue weighted by Crippen LogP contribution is -2.40. The van der Waals surface area contributed by atoms with Crippen LogP contribution in [0.1, 0.15) is 46.5 Å². The molecule has 0 aliphatic carbocycles. The second-order valence-electron chi connectivity index (χ2n) is 4.90. The van der Waals surface area contributed by atoms with E-state index in [-0.39, 0.29) is 0 Å². The molecule has 2 heteroatoms. The van der Waals surface area contributed by atoms with Crippen LogP contribution in [0, 0.1) is 5.92 Å². The zero-order chi connectivity index (χ0) is 11.1. The molecular formula is C13H28N2. The minimum atomic E-state index is 0.709. The molecule has 1 fully saturated rings. The van der Waals surface area contributed by atoms with Gasteiger partial charge in [-0.15, -0.1) is 0 Å². The smallest absolute Gasteiger partial charge is 0.0192 e. The molecule has 0 saturated carbocycles. The zero-order valence-electron chi connectivity index (χ0n) is 10.8. The maximum absolute atomic E-state index is 3.45. The summed E-state index contributed by atoms with van der Waals surface area (Å²) in [7, 11) is 0. The highest BCUT2D eigenvalue weighted by Crippen LogP contribution is 2.21. The topological polar surface area (TPSA) is 15.3 Å². The number of hydrogen-bond acceptors (Lipinski definition) is 2. The summed E-state index contributed by atoms with van der Waals surface area (Å²) in [6.45, 7) is 11.7. The van der Waals surface area contributed by atoms with Crippen molar-refractivity contribution in [1.82, 2.24) is 10.2 Å². The van der Waals surface area contributed by atoms with E-state index in [0.29, 0.717) is 6.04 Å². The third kappa shape index (κ3) is 4.52. The zero-order valence-corrected chi connectivity index (χ0v) is 10.8. The Morgan fingerprint density at radius 2 is 2.07 bits per heavy atom. The lowest BCUT2D eigenvalue weighted by molar-refractivity contribution is 0.210. The molecule has 0 bridgehead atoms. The first kappa shape index (κ1) is 13.0. The van der Waals surface area contributed by atoms with Crippen LogP contribution in [0.4, 0.5) is 0 Å². The van der Waals surface area contributed by atoms with Gasteiger partial charge in [-0.05, 0) is 51.7 Å². The molecule has 1 saturated heterocycles. The number of likely N-dealkylation sites (tertiary alicyclic amines) is 1. The predicted molar refractivity (Wildman–Crippen MR) is 67.2 cm³/mol. The third-order valence-corrected chi connectivity index (χ3v) is 3.77. The van der Waals surface area contributed by atoms with Crippen LogP contribution < -0.4 is 5.32 Å². The van der Waals surface area contributed by atoms with E-state index in [4.69, 9.17) is 0 Å². The normalized spacial score (nSPS) is 26.2. The van der Waals surface area contributed by atoms with Crippen molar-refractivity contribution in [1.29, 1.82) is 0 Å². The highest BCUT2D eigenvalue weighted by Gasteiger charge is 2.18. The van der Waals surface area contributed by atoms with Crippen LogP contribution in [0.5, 0.6) is 0 Å². The van der Waals surface area contributed by atoms with Crippen LogP contribution >= 0.6 is 0 Å². The Labute approximate surface area is 95.4 Å². The van der Waals surface area contributed by atoms with Crippen molar-refractivity contribution in [3.63, 3.8) is 0 Å². The van der Waals surface area contributed by atoms with Gasteiger partial charge in [0.2, 0.25) is 0 Å². The molecule has 0 amide bonds. The van der Waals surface area contributed by atoms with Crippen LogP contribution in [-0.4, -0.2) is 37.1 Å². The minimum absolute atomic E-state index is 0.709. The second kappa shape index (κ2) is 7.24. The molecule has 0 spiro atoms. The number of hydrogen-bond donors (Lipinski definition) is 1. The van der Waals surface area contributed by atoms with Gasteiger partial charge in [0.15, 0.2) is 0 Å². The average molecular weight is 212 g/mol. The van der Waals surface area contributed by atoms with E-state index in [9.17, 15) is 0 Å². The molecule has 1 heterocycles. The summed E-state index contributed by atoms with van der Waals surface area (Å²) in [5.41, 5.74) is 0. The van der Waals surface area contributed by atoms with Crippen LogP contribution in [0.25, 0.3) is 0 Å². The van der Waals surface area contributed by atoms with E-state index in [2.05, 4.69) is 31.0 Å². The van der Waals surface area contributed by atoms with Gasteiger partial charge in [0.1, 0.15) is 0 Å². The molecule has 1 N–H and O–H groups in total. The molecule has 15 heavy (non-hydrogen) atoms. The van der Waals surface area contributed by atoms with E-state index in [1.54, 1.807) is 0 Å². The molecule has 0 aromatic rings. The number of rotatable bonds is 5. The summed E-state index contributed by atoms with van der Waals surface area (Å²) in [6, 6.07) is 0.709. The fourth-order valence-electron chi connectivity index (χ4n) is 2.52. The Kier molecular flexibility index (Phi) is 6.26. The standard InChI is InChI=1S/C13H28N2/c1-4-13-7-6-9-15(10-8-13)12(3)11-14-5-2/h12-14H,4-11H2,1-3H3. The fraction of sp³-hybridized carbons (Fsp3) is 1.00. The molecule has 2 unspecified atom stereocenters. The first-order valence-corrected chi connectivity index (χ1v) is 6.72. The minimum Gasteiger partial charge on any atom is -0.315 e. The molecular weight excluding hydrogens is 184 g/mol. The number of likely N-dealkylation sites (N-methyl/N-ethyl adjacent to an activating group) is 1. The van der Waals surface area contributed by atoms with E-state index < -0.39 is 0 Å². The maximum Gasteiger partial charge on any atom is 0.0192 e. The van der Waals surface area contributed by atoms with Gasteiger partial charge in [-0.2, -0.15) is 0 Å². The van der Waals surface area contributed by atoms with Crippen LogP contribution in [0.2, 0.25) is 0 Å². The van der Waals surface area contributed by atoms with Crippen molar-refractivity contribution in [3.05, 3.63) is 0 Å². The third-order valence-electron chi connectivity index (χ3n) is 3.77. The van der Waals surface area contributed by atoms with Gasteiger partial charge in [-0.25, -0.2) is 0 Å². The fourth-order valence-corrected chi connectivity index (χ4v) is 2.52. The quantitative estimate of drug-likeness (QED) is 0.753. The van der Waals surface area contributed by atoms with Crippen molar-refractivity contribution < 1.29 is 0 Å². The summed E-state index contributed by atoms with van der Waals surface area (Å²) in [5.74, 6) is 0.987.